The Morgan fingerprint density at radius 3 is 2.45 bits per heavy atom. The molecule has 0 unspecified atom stereocenters. The van der Waals surface area contributed by atoms with Crippen molar-refractivity contribution in [2.75, 3.05) is 32.7 Å². The van der Waals surface area contributed by atoms with Gasteiger partial charge in [0.15, 0.2) is 0 Å². The van der Waals surface area contributed by atoms with Crippen LogP contribution in [-0.4, -0.2) is 59.4 Å². The highest BCUT2D eigenvalue weighted by molar-refractivity contribution is 7.18. The molecule has 0 atom stereocenters. The maximum atomic E-state index is 12.5. The molecule has 6 nitrogen and oxygen atoms in total. The van der Waals surface area contributed by atoms with Crippen LogP contribution in [0, 0.1) is 6.92 Å². The van der Waals surface area contributed by atoms with E-state index in [9.17, 15) is 9.59 Å². The van der Waals surface area contributed by atoms with Gasteiger partial charge in [0, 0.05) is 39.1 Å². The lowest BCUT2D eigenvalue weighted by atomic mass is 10.1. The number of aromatic nitrogens is 1. The number of nitrogens with one attached hydrogen (secondary N) is 1. The van der Waals surface area contributed by atoms with Gasteiger partial charge >= 0.3 is 6.03 Å². The first-order chi connectivity index (χ1) is 15.1. The van der Waals surface area contributed by atoms with E-state index in [1.807, 2.05) is 54.3 Å². The highest BCUT2D eigenvalue weighted by atomic mass is 32.1. The predicted octanol–water partition coefficient (Wildman–Crippen LogP) is 3.63. The summed E-state index contributed by atoms with van der Waals surface area (Å²) < 4.78 is 1.20. The molecule has 1 N–H and O–H groups in total. The maximum Gasteiger partial charge on any atom is 0.317 e. The van der Waals surface area contributed by atoms with Crippen molar-refractivity contribution in [2.45, 2.75) is 26.2 Å². The van der Waals surface area contributed by atoms with Gasteiger partial charge in [-0.25, -0.2) is 9.78 Å². The Balaban J connectivity index is 1.16. The predicted molar refractivity (Wildman–Crippen MR) is 124 cm³/mol. The van der Waals surface area contributed by atoms with Crippen molar-refractivity contribution in [3.05, 3.63) is 64.7 Å². The van der Waals surface area contributed by atoms with Gasteiger partial charge in [0.25, 0.3) is 0 Å². The zero-order valence-electron chi connectivity index (χ0n) is 17.8. The summed E-state index contributed by atoms with van der Waals surface area (Å²) >= 11 is 1.72. The van der Waals surface area contributed by atoms with E-state index in [-0.39, 0.29) is 11.9 Å². The summed E-state index contributed by atoms with van der Waals surface area (Å²) in [6.07, 6.45) is 2.14. The number of urea groups is 1. The minimum absolute atomic E-state index is 0.0464. The van der Waals surface area contributed by atoms with Crippen molar-refractivity contribution in [2.24, 2.45) is 0 Å². The van der Waals surface area contributed by atoms with Gasteiger partial charge in [-0.05, 0) is 31.0 Å². The Kier molecular flexibility index (Phi) is 6.82. The number of nitrogens with zero attached hydrogens (tertiary/aromatic N) is 3. The normalized spacial score (nSPS) is 14.1. The third-order valence-electron chi connectivity index (χ3n) is 5.58. The molecule has 1 aromatic heterocycles. The first-order valence-corrected chi connectivity index (χ1v) is 11.6. The molecule has 162 valence electrons. The van der Waals surface area contributed by atoms with Crippen LogP contribution in [0.3, 0.4) is 0 Å². The van der Waals surface area contributed by atoms with Crippen molar-refractivity contribution in [1.29, 1.82) is 0 Å². The quantitative estimate of drug-likeness (QED) is 0.600. The molecule has 1 aliphatic heterocycles. The van der Waals surface area contributed by atoms with Gasteiger partial charge in [-0.1, -0.05) is 42.0 Å². The second-order valence-electron chi connectivity index (χ2n) is 7.94. The van der Waals surface area contributed by atoms with E-state index in [4.69, 9.17) is 0 Å². The molecule has 4 rings (SSSR count). The number of aryl methyl sites for hydroxylation is 2. The van der Waals surface area contributed by atoms with E-state index in [1.165, 1.54) is 10.3 Å². The molecule has 0 aliphatic carbocycles. The molecule has 3 aromatic rings. The number of fused-ring (bicyclic) bond motifs is 1. The van der Waals surface area contributed by atoms with E-state index >= 15 is 0 Å². The van der Waals surface area contributed by atoms with Crippen LogP contribution in [-0.2, 0) is 17.6 Å². The fourth-order valence-corrected chi connectivity index (χ4v) is 4.73. The molecule has 1 saturated heterocycles. The summed E-state index contributed by atoms with van der Waals surface area (Å²) in [7, 11) is 0. The lowest BCUT2D eigenvalue weighted by molar-refractivity contribution is -0.131. The number of para-hydroxylation sites is 1. The Bertz CT molecular complexity index is 1010. The van der Waals surface area contributed by atoms with Gasteiger partial charge in [-0.15, -0.1) is 11.3 Å². The summed E-state index contributed by atoms with van der Waals surface area (Å²) in [4.78, 5) is 33.3. The largest absolute Gasteiger partial charge is 0.339 e. The average Bonchev–Trinajstić information content (AvgIpc) is 3.21. The number of hydrogen-bond donors (Lipinski definition) is 1. The minimum atomic E-state index is -0.0464. The first-order valence-electron chi connectivity index (χ1n) is 10.8. The molecule has 0 radical (unpaired) electrons. The smallest absolute Gasteiger partial charge is 0.317 e. The summed E-state index contributed by atoms with van der Waals surface area (Å²) in [5.74, 6) is 0.125. The fourth-order valence-electron chi connectivity index (χ4n) is 3.72. The molecule has 31 heavy (non-hydrogen) atoms. The van der Waals surface area contributed by atoms with Crippen LogP contribution in [0.5, 0.6) is 0 Å². The van der Waals surface area contributed by atoms with E-state index in [0.717, 1.165) is 28.9 Å². The van der Waals surface area contributed by atoms with Crippen LogP contribution in [0.1, 0.15) is 22.6 Å². The molecular formula is C24H28N4O2S. The van der Waals surface area contributed by atoms with Gasteiger partial charge in [-0.3, -0.25) is 4.79 Å². The average molecular weight is 437 g/mol. The first kappa shape index (κ1) is 21.3. The summed E-state index contributed by atoms with van der Waals surface area (Å²) in [5.41, 5.74) is 3.26. The second kappa shape index (κ2) is 9.92. The lowest BCUT2D eigenvalue weighted by Crippen LogP contribution is -2.53. The molecule has 2 aromatic carbocycles. The molecule has 2 heterocycles. The SMILES string of the molecule is Cc1ccc(CC(=O)N2CCN(C(=O)NCCCc3nc4ccccc4s3)CC2)cc1. The van der Waals surface area contributed by atoms with E-state index < -0.39 is 0 Å². The third kappa shape index (κ3) is 5.61. The van der Waals surface area contributed by atoms with Crippen LogP contribution in [0.25, 0.3) is 10.2 Å². The van der Waals surface area contributed by atoms with Gasteiger partial charge in [0.2, 0.25) is 5.91 Å². The Morgan fingerprint density at radius 1 is 1.00 bits per heavy atom. The van der Waals surface area contributed by atoms with Crippen LogP contribution in [0.15, 0.2) is 48.5 Å². The van der Waals surface area contributed by atoms with Crippen LogP contribution < -0.4 is 5.32 Å². The number of hydrogen-bond acceptors (Lipinski definition) is 4. The Morgan fingerprint density at radius 2 is 1.71 bits per heavy atom. The molecule has 3 amide bonds. The van der Waals surface area contributed by atoms with Crippen LogP contribution in [0.4, 0.5) is 4.79 Å². The highest BCUT2D eigenvalue weighted by Crippen LogP contribution is 2.22. The third-order valence-corrected chi connectivity index (χ3v) is 6.67. The number of amides is 3. The molecule has 0 bridgehead atoms. The van der Waals surface area contributed by atoms with Crippen LogP contribution in [0.2, 0.25) is 0 Å². The van der Waals surface area contributed by atoms with E-state index in [0.29, 0.717) is 39.1 Å². The van der Waals surface area contributed by atoms with Crippen LogP contribution >= 0.6 is 11.3 Å². The number of rotatable bonds is 6. The summed E-state index contributed by atoms with van der Waals surface area (Å²) in [5, 5.41) is 4.11. The molecule has 1 fully saturated rings. The Hall–Kier alpha value is -2.93. The van der Waals surface area contributed by atoms with Gasteiger partial charge in [0.05, 0.1) is 21.6 Å². The zero-order chi connectivity index (χ0) is 21.6. The summed E-state index contributed by atoms with van der Waals surface area (Å²) in [6, 6.07) is 16.2. The van der Waals surface area contributed by atoms with E-state index in [2.05, 4.69) is 16.4 Å². The minimum Gasteiger partial charge on any atom is -0.339 e. The highest BCUT2D eigenvalue weighted by Gasteiger charge is 2.23. The molecule has 1 aliphatic rings. The second-order valence-corrected chi connectivity index (χ2v) is 9.06. The topological polar surface area (TPSA) is 65.5 Å². The van der Waals surface area contributed by atoms with Crippen molar-refractivity contribution >= 4 is 33.5 Å². The van der Waals surface area contributed by atoms with Crippen molar-refractivity contribution in [3.63, 3.8) is 0 Å². The molecule has 0 saturated carbocycles. The number of carbonyl (C=O) groups is 2. The summed E-state index contributed by atoms with van der Waals surface area (Å²) in [6.45, 7) is 4.98. The molecule has 7 heteroatoms. The lowest BCUT2D eigenvalue weighted by Gasteiger charge is -2.34. The van der Waals surface area contributed by atoms with Gasteiger partial charge in [-0.2, -0.15) is 0 Å². The fraction of sp³-hybridized carbons (Fsp3) is 0.375. The standard InChI is InChI=1S/C24H28N4O2S/c1-18-8-10-19(11-9-18)17-23(29)27-13-15-28(16-14-27)24(30)25-12-4-7-22-26-20-5-2-3-6-21(20)31-22/h2-3,5-6,8-11H,4,7,12-17H2,1H3,(H,25,30). The Labute approximate surface area is 186 Å². The van der Waals surface area contributed by atoms with Gasteiger partial charge < -0.3 is 15.1 Å². The zero-order valence-corrected chi connectivity index (χ0v) is 18.7. The number of benzene rings is 2. The molecular weight excluding hydrogens is 408 g/mol. The molecule has 0 spiro atoms. The van der Waals surface area contributed by atoms with E-state index in [1.54, 1.807) is 16.2 Å². The van der Waals surface area contributed by atoms with Crippen molar-refractivity contribution in [3.8, 4) is 0 Å². The maximum absolute atomic E-state index is 12.5. The van der Waals surface area contributed by atoms with Gasteiger partial charge in [0.1, 0.15) is 0 Å². The number of thiazole rings is 1. The monoisotopic (exact) mass is 436 g/mol. The number of carbonyl (C=O) groups excluding carboxylic acids is 2. The van der Waals surface area contributed by atoms with Crippen molar-refractivity contribution in [1.82, 2.24) is 20.1 Å². The number of piperazine rings is 1. The van der Waals surface area contributed by atoms with Crippen molar-refractivity contribution < 1.29 is 9.59 Å².